The van der Waals surface area contributed by atoms with E-state index in [1.165, 1.54) is 32.2 Å². The maximum Gasteiger partial charge on any atom is 0.235 e. The summed E-state index contributed by atoms with van der Waals surface area (Å²) < 4.78 is 5.95. The van der Waals surface area contributed by atoms with Crippen LogP contribution < -0.4 is 5.73 Å². The van der Waals surface area contributed by atoms with Gasteiger partial charge in [-0.2, -0.15) is 0 Å². The molecule has 134 valence electrons. The summed E-state index contributed by atoms with van der Waals surface area (Å²) in [5.74, 6) is 0.104. The average Bonchev–Trinajstić information content (AvgIpc) is 2.56. The molecule has 23 heavy (non-hydrogen) atoms. The molecule has 2 fully saturated rings. The van der Waals surface area contributed by atoms with Gasteiger partial charge in [0.25, 0.3) is 0 Å². The number of unbranched alkanes of at least 4 members (excludes halogenated alkanes) is 1. The maximum absolute atomic E-state index is 12.2. The smallest absolute Gasteiger partial charge is 0.235 e. The molecular formula is C18H35N3O2. The number of rotatable bonds is 8. The van der Waals surface area contributed by atoms with E-state index in [4.69, 9.17) is 10.5 Å². The molecule has 0 aromatic carbocycles. The Bertz CT molecular complexity index is 354. The van der Waals surface area contributed by atoms with Crippen molar-refractivity contribution in [2.45, 2.75) is 64.5 Å². The summed E-state index contributed by atoms with van der Waals surface area (Å²) in [5, 5.41) is 0. The van der Waals surface area contributed by atoms with Gasteiger partial charge in [0, 0.05) is 38.7 Å². The van der Waals surface area contributed by atoms with Gasteiger partial charge in [-0.25, -0.2) is 0 Å². The Morgan fingerprint density at radius 3 is 2.48 bits per heavy atom. The maximum atomic E-state index is 12.2. The molecule has 0 spiro atoms. The predicted molar refractivity (Wildman–Crippen MR) is 93.3 cm³/mol. The summed E-state index contributed by atoms with van der Waals surface area (Å²) >= 11 is 0. The minimum Gasteiger partial charge on any atom is -0.378 e. The van der Waals surface area contributed by atoms with E-state index >= 15 is 0 Å². The summed E-state index contributed by atoms with van der Waals surface area (Å²) in [4.78, 5) is 17.1. The van der Waals surface area contributed by atoms with Gasteiger partial charge in [-0.05, 0) is 32.7 Å². The van der Waals surface area contributed by atoms with E-state index in [0.717, 1.165) is 45.6 Å². The first-order chi connectivity index (χ1) is 11.2. The van der Waals surface area contributed by atoms with Crippen molar-refractivity contribution in [1.29, 1.82) is 0 Å². The third-order valence-corrected chi connectivity index (χ3v) is 5.46. The SMILES string of the molecule is CCCCN1CCN(C(C(N)=O)C2CCCC[C@@H]2OCC)CC1. The van der Waals surface area contributed by atoms with Gasteiger partial charge in [0.05, 0.1) is 12.1 Å². The first-order valence-electron chi connectivity index (χ1n) is 9.54. The molecule has 1 heterocycles. The molecule has 1 aliphatic carbocycles. The third kappa shape index (κ3) is 5.16. The van der Waals surface area contributed by atoms with Crippen LogP contribution in [-0.2, 0) is 9.53 Å². The molecule has 0 aromatic heterocycles. The van der Waals surface area contributed by atoms with Crippen molar-refractivity contribution < 1.29 is 9.53 Å². The van der Waals surface area contributed by atoms with Crippen molar-refractivity contribution in [2.24, 2.45) is 11.7 Å². The van der Waals surface area contributed by atoms with Crippen LogP contribution in [0.4, 0.5) is 0 Å². The number of nitrogens with two attached hydrogens (primary N) is 1. The number of piperazine rings is 1. The second-order valence-electron chi connectivity index (χ2n) is 7.02. The molecule has 5 heteroatoms. The van der Waals surface area contributed by atoms with Crippen LogP contribution in [0.1, 0.15) is 52.4 Å². The molecule has 2 rings (SSSR count). The Labute approximate surface area is 141 Å². The molecule has 1 aliphatic heterocycles. The molecule has 3 atom stereocenters. The van der Waals surface area contributed by atoms with Crippen LogP contribution in [0.15, 0.2) is 0 Å². The minimum atomic E-state index is -0.163. The van der Waals surface area contributed by atoms with Gasteiger partial charge >= 0.3 is 0 Å². The van der Waals surface area contributed by atoms with Gasteiger partial charge in [-0.3, -0.25) is 9.69 Å². The lowest BCUT2D eigenvalue weighted by molar-refractivity contribution is -0.131. The second-order valence-corrected chi connectivity index (χ2v) is 7.02. The van der Waals surface area contributed by atoms with E-state index in [-0.39, 0.29) is 24.0 Å². The standard InChI is InChI=1S/C18H35N3O2/c1-3-5-10-20-11-13-21(14-12-20)17(18(19)22)15-8-6-7-9-16(15)23-4-2/h15-17H,3-14H2,1-2H3,(H2,19,22)/t15?,16-,17?/m0/s1. The molecule has 2 aliphatic rings. The Balaban J connectivity index is 1.97. The van der Waals surface area contributed by atoms with Gasteiger partial charge < -0.3 is 15.4 Å². The lowest BCUT2D eigenvalue weighted by Crippen LogP contribution is -2.59. The van der Waals surface area contributed by atoms with Gasteiger partial charge in [0.2, 0.25) is 5.91 Å². The molecule has 0 bridgehead atoms. The number of hydrogen-bond donors (Lipinski definition) is 1. The minimum absolute atomic E-state index is 0.153. The predicted octanol–water partition coefficient (Wildman–Crippen LogP) is 1.85. The summed E-state index contributed by atoms with van der Waals surface area (Å²) in [6.07, 6.45) is 7.22. The van der Waals surface area contributed by atoms with Gasteiger partial charge in [0.1, 0.15) is 0 Å². The molecule has 0 radical (unpaired) electrons. The monoisotopic (exact) mass is 325 g/mol. The van der Waals surface area contributed by atoms with Crippen LogP contribution in [0.25, 0.3) is 0 Å². The number of hydrogen-bond acceptors (Lipinski definition) is 4. The number of amides is 1. The number of primary amides is 1. The van der Waals surface area contributed by atoms with Gasteiger partial charge in [-0.15, -0.1) is 0 Å². The Morgan fingerprint density at radius 2 is 1.87 bits per heavy atom. The van der Waals surface area contributed by atoms with Crippen LogP contribution >= 0.6 is 0 Å². The van der Waals surface area contributed by atoms with Crippen molar-refractivity contribution in [2.75, 3.05) is 39.3 Å². The van der Waals surface area contributed by atoms with Crippen molar-refractivity contribution in [3.05, 3.63) is 0 Å². The molecule has 0 aromatic rings. The summed E-state index contributed by atoms with van der Waals surface area (Å²) in [6, 6.07) is -0.153. The van der Waals surface area contributed by atoms with E-state index in [0.29, 0.717) is 0 Å². The van der Waals surface area contributed by atoms with E-state index < -0.39 is 0 Å². The van der Waals surface area contributed by atoms with Crippen LogP contribution in [-0.4, -0.2) is 67.2 Å². The zero-order valence-corrected chi connectivity index (χ0v) is 15.0. The van der Waals surface area contributed by atoms with Crippen LogP contribution in [0.5, 0.6) is 0 Å². The van der Waals surface area contributed by atoms with Crippen LogP contribution in [0, 0.1) is 5.92 Å². The lowest BCUT2D eigenvalue weighted by Gasteiger charge is -2.44. The van der Waals surface area contributed by atoms with Crippen molar-refractivity contribution in [3.63, 3.8) is 0 Å². The van der Waals surface area contributed by atoms with E-state index in [2.05, 4.69) is 16.7 Å². The summed E-state index contributed by atoms with van der Waals surface area (Å²) in [7, 11) is 0. The van der Waals surface area contributed by atoms with Crippen LogP contribution in [0.3, 0.4) is 0 Å². The Kier molecular flexibility index (Phi) is 7.80. The quantitative estimate of drug-likeness (QED) is 0.740. The molecule has 2 unspecified atom stereocenters. The normalized spacial score (nSPS) is 28.6. The van der Waals surface area contributed by atoms with E-state index in [1.54, 1.807) is 0 Å². The first kappa shape index (κ1) is 18.7. The topological polar surface area (TPSA) is 58.8 Å². The molecule has 1 amide bonds. The van der Waals surface area contributed by atoms with E-state index in [9.17, 15) is 4.79 Å². The highest BCUT2D eigenvalue weighted by Crippen LogP contribution is 2.32. The Morgan fingerprint density at radius 1 is 1.17 bits per heavy atom. The van der Waals surface area contributed by atoms with Gasteiger partial charge in [0.15, 0.2) is 0 Å². The fourth-order valence-corrected chi connectivity index (χ4v) is 4.22. The molecule has 1 saturated heterocycles. The number of carbonyl (C=O) groups excluding carboxylic acids is 1. The molecule has 2 N–H and O–H groups in total. The van der Waals surface area contributed by atoms with Crippen molar-refractivity contribution in [3.8, 4) is 0 Å². The number of ether oxygens (including phenoxy) is 1. The highest BCUT2D eigenvalue weighted by molar-refractivity contribution is 5.80. The zero-order chi connectivity index (χ0) is 16.7. The number of nitrogens with zero attached hydrogens (tertiary/aromatic N) is 2. The average molecular weight is 325 g/mol. The molecule has 1 saturated carbocycles. The molecular weight excluding hydrogens is 290 g/mol. The third-order valence-electron chi connectivity index (χ3n) is 5.46. The lowest BCUT2D eigenvalue weighted by atomic mass is 9.80. The van der Waals surface area contributed by atoms with Crippen molar-refractivity contribution in [1.82, 2.24) is 9.80 Å². The fourth-order valence-electron chi connectivity index (χ4n) is 4.22. The summed E-state index contributed by atoms with van der Waals surface area (Å²) in [5.41, 5.74) is 5.82. The highest BCUT2D eigenvalue weighted by atomic mass is 16.5. The van der Waals surface area contributed by atoms with Crippen molar-refractivity contribution >= 4 is 5.91 Å². The zero-order valence-electron chi connectivity index (χ0n) is 15.0. The highest BCUT2D eigenvalue weighted by Gasteiger charge is 2.39. The fraction of sp³-hybridized carbons (Fsp3) is 0.944. The van der Waals surface area contributed by atoms with E-state index in [1.807, 2.05) is 6.92 Å². The second kappa shape index (κ2) is 9.60. The molecule has 5 nitrogen and oxygen atoms in total. The first-order valence-corrected chi connectivity index (χ1v) is 9.54. The number of carbonyl (C=O) groups is 1. The largest absolute Gasteiger partial charge is 0.378 e. The Hall–Kier alpha value is -0.650. The summed E-state index contributed by atoms with van der Waals surface area (Å²) in [6.45, 7) is 10.2. The van der Waals surface area contributed by atoms with Crippen LogP contribution in [0.2, 0.25) is 0 Å². The van der Waals surface area contributed by atoms with Gasteiger partial charge in [-0.1, -0.05) is 26.2 Å².